The van der Waals surface area contributed by atoms with Crippen molar-refractivity contribution in [2.75, 3.05) is 0 Å². The first kappa shape index (κ1) is 9.25. The van der Waals surface area contributed by atoms with Gasteiger partial charge in [-0.1, -0.05) is 24.3 Å². The van der Waals surface area contributed by atoms with Crippen molar-refractivity contribution < 1.29 is 9.90 Å². The van der Waals surface area contributed by atoms with Crippen LogP contribution in [0.1, 0.15) is 30.4 Å². The van der Waals surface area contributed by atoms with E-state index in [4.69, 9.17) is 5.11 Å². The Morgan fingerprint density at radius 2 is 2.14 bits per heavy atom. The average molecular weight is 190 g/mol. The summed E-state index contributed by atoms with van der Waals surface area (Å²) >= 11 is 0. The van der Waals surface area contributed by atoms with Crippen LogP contribution in [0.3, 0.4) is 0 Å². The van der Waals surface area contributed by atoms with E-state index in [1.807, 2.05) is 38.1 Å². The number of carboxylic acids is 1. The topological polar surface area (TPSA) is 37.3 Å². The van der Waals surface area contributed by atoms with Crippen molar-refractivity contribution in [3.63, 3.8) is 0 Å². The average Bonchev–Trinajstić information content (AvgIpc) is 2.80. The van der Waals surface area contributed by atoms with Crippen LogP contribution in [-0.2, 0) is 4.79 Å². The van der Waals surface area contributed by atoms with Gasteiger partial charge in [0.05, 0.1) is 5.41 Å². The van der Waals surface area contributed by atoms with Gasteiger partial charge in [-0.25, -0.2) is 0 Å². The Kier molecular flexibility index (Phi) is 1.88. The number of carboxylic acid groups (broad SMARTS) is 1. The van der Waals surface area contributed by atoms with E-state index < -0.39 is 11.4 Å². The smallest absolute Gasteiger partial charge is 0.309 e. The molecule has 0 saturated heterocycles. The molecule has 0 bridgehead atoms. The molecule has 0 heterocycles. The summed E-state index contributed by atoms with van der Waals surface area (Å²) < 4.78 is 0. The summed E-state index contributed by atoms with van der Waals surface area (Å²) in [6, 6.07) is 8.03. The molecule has 0 amide bonds. The van der Waals surface area contributed by atoms with Crippen LogP contribution in [0.25, 0.3) is 0 Å². The third-order valence-corrected chi connectivity index (χ3v) is 3.29. The molecule has 0 radical (unpaired) electrons. The first-order valence-corrected chi connectivity index (χ1v) is 4.84. The molecule has 74 valence electrons. The van der Waals surface area contributed by atoms with Crippen LogP contribution in [0.5, 0.6) is 0 Å². The molecule has 2 rings (SSSR count). The number of carbonyl (C=O) groups is 1. The number of hydrogen-bond donors (Lipinski definition) is 1. The van der Waals surface area contributed by atoms with Gasteiger partial charge in [0.25, 0.3) is 0 Å². The van der Waals surface area contributed by atoms with Gasteiger partial charge in [0, 0.05) is 5.92 Å². The molecule has 2 heteroatoms. The molecule has 1 aromatic rings. The number of rotatable bonds is 2. The maximum Gasteiger partial charge on any atom is 0.309 e. The number of aliphatic carboxylic acids is 1. The highest BCUT2D eigenvalue weighted by Gasteiger charge is 2.57. The molecule has 1 fully saturated rings. The molecule has 14 heavy (non-hydrogen) atoms. The maximum atomic E-state index is 11.0. The van der Waals surface area contributed by atoms with Crippen LogP contribution < -0.4 is 0 Å². The van der Waals surface area contributed by atoms with Crippen LogP contribution >= 0.6 is 0 Å². The van der Waals surface area contributed by atoms with E-state index in [0.29, 0.717) is 0 Å². The monoisotopic (exact) mass is 190 g/mol. The molecule has 2 atom stereocenters. The molecular formula is C12H14O2. The molecule has 1 N–H and O–H groups in total. The van der Waals surface area contributed by atoms with Crippen LogP contribution in [-0.4, -0.2) is 11.1 Å². The highest BCUT2D eigenvalue weighted by molar-refractivity contribution is 5.80. The second kappa shape index (κ2) is 2.84. The lowest BCUT2D eigenvalue weighted by molar-refractivity contribution is -0.142. The normalized spacial score (nSPS) is 30.0. The van der Waals surface area contributed by atoms with E-state index in [9.17, 15) is 4.79 Å². The Morgan fingerprint density at radius 1 is 1.50 bits per heavy atom. The fraction of sp³-hybridized carbons (Fsp3) is 0.417. The first-order chi connectivity index (χ1) is 6.55. The summed E-state index contributed by atoms with van der Waals surface area (Å²) in [5, 5.41) is 9.04. The van der Waals surface area contributed by atoms with Crippen molar-refractivity contribution in [3.8, 4) is 0 Å². The van der Waals surface area contributed by atoms with Gasteiger partial charge in [0.15, 0.2) is 0 Å². The zero-order chi connectivity index (χ0) is 10.3. The molecule has 0 spiro atoms. The second-order valence-corrected chi connectivity index (χ2v) is 4.34. The van der Waals surface area contributed by atoms with Gasteiger partial charge in [-0.2, -0.15) is 0 Å². The van der Waals surface area contributed by atoms with Crippen molar-refractivity contribution in [1.82, 2.24) is 0 Å². The highest BCUT2D eigenvalue weighted by atomic mass is 16.4. The molecule has 0 aromatic heterocycles. The Hall–Kier alpha value is -1.31. The van der Waals surface area contributed by atoms with E-state index in [-0.39, 0.29) is 5.92 Å². The molecule has 1 aromatic carbocycles. The lowest BCUT2D eigenvalue weighted by Crippen LogP contribution is -2.12. The molecule has 1 saturated carbocycles. The van der Waals surface area contributed by atoms with Crippen LogP contribution in [0, 0.1) is 12.3 Å². The molecule has 1 aliphatic rings. The minimum absolute atomic E-state index is 0.209. The Balaban J connectivity index is 2.29. The molecule has 2 nitrogen and oxygen atoms in total. The van der Waals surface area contributed by atoms with Gasteiger partial charge in [0.2, 0.25) is 0 Å². The lowest BCUT2D eigenvalue weighted by Gasteiger charge is -2.07. The Labute approximate surface area is 83.6 Å². The summed E-state index contributed by atoms with van der Waals surface area (Å²) in [4.78, 5) is 11.0. The van der Waals surface area contributed by atoms with Crippen molar-refractivity contribution in [2.45, 2.75) is 26.2 Å². The number of aryl methyl sites for hydroxylation is 1. The minimum Gasteiger partial charge on any atom is -0.481 e. The molecule has 0 aliphatic heterocycles. The van der Waals surface area contributed by atoms with E-state index >= 15 is 0 Å². The van der Waals surface area contributed by atoms with Crippen LogP contribution in [0.15, 0.2) is 24.3 Å². The third kappa shape index (κ3) is 1.22. The highest BCUT2D eigenvalue weighted by Crippen LogP contribution is 2.59. The number of benzene rings is 1. The van der Waals surface area contributed by atoms with E-state index in [1.54, 1.807) is 0 Å². The Morgan fingerprint density at radius 3 is 2.64 bits per heavy atom. The fourth-order valence-corrected chi connectivity index (χ4v) is 2.03. The van der Waals surface area contributed by atoms with Gasteiger partial charge in [-0.05, 0) is 31.4 Å². The van der Waals surface area contributed by atoms with E-state index in [0.717, 1.165) is 6.42 Å². The van der Waals surface area contributed by atoms with Crippen molar-refractivity contribution in [2.24, 2.45) is 5.41 Å². The second-order valence-electron chi connectivity index (χ2n) is 4.34. The standard InChI is InChI=1S/C12H14O2/c1-8-5-3-4-6-9(8)10-7-12(10,2)11(13)14/h3-6,10H,7H2,1-2H3,(H,13,14). The zero-order valence-electron chi connectivity index (χ0n) is 8.45. The van der Waals surface area contributed by atoms with Gasteiger partial charge in [-0.3, -0.25) is 4.79 Å². The largest absolute Gasteiger partial charge is 0.481 e. The summed E-state index contributed by atoms with van der Waals surface area (Å²) in [6.07, 6.45) is 0.771. The summed E-state index contributed by atoms with van der Waals surface area (Å²) in [5.41, 5.74) is 1.87. The van der Waals surface area contributed by atoms with Gasteiger partial charge in [0.1, 0.15) is 0 Å². The SMILES string of the molecule is Cc1ccccc1C1CC1(C)C(=O)O. The summed E-state index contributed by atoms with van der Waals surface area (Å²) in [6.45, 7) is 3.86. The fourth-order valence-electron chi connectivity index (χ4n) is 2.03. The molecule has 2 unspecified atom stereocenters. The quantitative estimate of drug-likeness (QED) is 0.778. The Bertz CT molecular complexity index is 384. The lowest BCUT2D eigenvalue weighted by atomic mass is 9.98. The first-order valence-electron chi connectivity index (χ1n) is 4.84. The van der Waals surface area contributed by atoms with Crippen molar-refractivity contribution >= 4 is 5.97 Å². The van der Waals surface area contributed by atoms with Gasteiger partial charge >= 0.3 is 5.97 Å². The zero-order valence-corrected chi connectivity index (χ0v) is 8.45. The third-order valence-electron chi connectivity index (χ3n) is 3.29. The number of hydrogen-bond acceptors (Lipinski definition) is 1. The molecule has 1 aliphatic carbocycles. The maximum absolute atomic E-state index is 11.0. The predicted octanol–water partition coefficient (Wildman–Crippen LogP) is 2.57. The van der Waals surface area contributed by atoms with Crippen LogP contribution in [0.4, 0.5) is 0 Å². The predicted molar refractivity (Wildman–Crippen MR) is 54.3 cm³/mol. The van der Waals surface area contributed by atoms with E-state index in [2.05, 4.69) is 0 Å². The summed E-state index contributed by atoms with van der Waals surface area (Å²) in [7, 11) is 0. The molecular weight excluding hydrogens is 176 g/mol. The van der Waals surface area contributed by atoms with Gasteiger partial charge < -0.3 is 5.11 Å². The van der Waals surface area contributed by atoms with E-state index in [1.165, 1.54) is 11.1 Å². The van der Waals surface area contributed by atoms with Gasteiger partial charge in [-0.15, -0.1) is 0 Å². The summed E-state index contributed by atoms with van der Waals surface area (Å²) in [5.74, 6) is -0.466. The van der Waals surface area contributed by atoms with Crippen LogP contribution in [0.2, 0.25) is 0 Å². The minimum atomic E-state index is -0.675. The van der Waals surface area contributed by atoms with Crippen molar-refractivity contribution in [3.05, 3.63) is 35.4 Å². The van der Waals surface area contributed by atoms with Crippen molar-refractivity contribution in [1.29, 1.82) is 0 Å².